The summed E-state index contributed by atoms with van der Waals surface area (Å²) in [4.78, 5) is 15.4. The van der Waals surface area contributed by atoms with Crippen LogP contribution < -0.4 is 0 Å². The molecule has 2 aromatic rings. The number of aliphatic hydroxyl groups excluding tert-OH is 1. The molecule has 0 aliphatic rings. The van der Waals surface area contributed by atoms with Crippen LogP contribution in [0.15, 0.2) is 24.5 Å². The number of para-hydroxylation sites is 1. The Morgan fingerprint density at radius 2 is 2.00 bits per heavy atom. The number of hydrogen-bond donors (Lipinski definition) is 2. The molecular formula is C14H18N2O3. The lowest BCUT2D eigenvalue weighted by Gasteiger charge is -2.06. The molecule has 19 heavy (non-hydrogen) atoms. The van der Waals surface area contributed by atoms with Gasteiger partial charge in [-0.15, -0.1) is 0 Å². The van der Waals surface area contributed by atoms with E-state index >= 15 is 0 Å². The Hall–Kier alpha value is -1.88. The molecule has 2 rings (SSSR count). The SMILES string of the molecule is O=C(O)c1cccc2ncn(CCCCCCO)c12. The molecule has 0 atom stereocenters. The minimum Gasteiger partial charge on any atom is -0.478 e. The molecule has 0 spiro atoms. The van der Waals surface area contributed by atoms with Crippen LogP contribution in [0.1, 0.15) is 36.0 Å². The van der Waals surface area contributed by atoms with Crippen molar-refractivity contribution in [1.82, 2.24) is 9.55 Å². The molecule has 0 amide bonds. The minimum absolute atomic E-state index is 0.233. The van der Waals surface area contributed by atoms with Crippen LogP contribution in [0.2, 0.25) is 0 Å². The number of benzene rings is 1. The highest BCUT2D eigenvalue weighted by Gasteiger charge is 2.12. The van der Waals surface area contributed by atoms with Gasteiger partial charge in [-0.05, 0) is 25.0 Å². The smallest absolute Gasteiger partial charge is 0.337 e. The average Bonchev–Trinajstić information content (AvgIpc) is 2.81. The van der Waals surface area contributed by atoms with Gasteiger partial charge in [0.05, 0.1) is 22.9 Å². The summed E-state index contributed by atoms with van der Waals surface area (Å²) in [6.45, 7) is 0.989. The van der Waals surface area contributed by atoms with Gasteiger partial charge in [-0.3, -0.25) is 0 Å². The Kier molecular flexibility index (Phi) is 4.52. The molecule has 102 valence electrons. The molecule has 0 saturated heterocycles. The standard InChI is InChI=1S/C14H18N2O3/c17-9-4-2-1-3-8-16-10-15-12-7-5-6-11(13(12)16)14(18)19/h5-7,10,17H,1-4,8-9H2,(H,18,19). The third kappa shape index (κ3) is 3.12. The van der Waals surface area contributed by atoms with E-state index < -0.39 is 5.97 Å². The number of imidazole rings is 1. The average molecular weight is 262 g/mol. The zero-order chi connectivity index (χ0) is 13.7. The Balaban J connectivity index is 2.12. The number of rotatable bonds is 7. The van der Waals surface area contributed by atoms with Crippen LogP contribution in [-0.2, 0) is 6.54 Å². The Bertz CT molecular complexity index is 563. The molecule has 0 unspecified atom stereocenters. The molecule has 1 aromatic carbocycles. The van der Waals surface area contributed by atoms with Gasteiger partial charge in [-0.25, -0.2) is 9.78 Å². The second-order valence-corrected chi connectivity index (χ2v) is 4.55. The van der Waals surface area contributed by atoms with E-state index in [2.05, 4.69) is 4.98 Å². The van der Waals surface area contributed by atoms with Crippen LogP contribution in [0.5, 0.6) is 0 Å². The lowest BCUT2D eigenvalue weighted by Crippen LogP contribution is -2.03. The zero-order valence-electron chi connectivity index (χ0n) is 10.7. The maximum absolute atomic E-state index is 11.2. The molecular weight excluding hydrogens is 244 g/mol. The Labute approximate surface area is 111 Å². The maximum Gasteiger partial charge on any atom is 0.337 e. The van der Waals surface area contributed by atoms with Gasteiger partial charge >= 0.3 is 5.97 Å². The van der Waals surface area contributed by atoms with E-state index in [0.29, 0.717) is 11.1 Å². The van der Waals surface area contributed by atoms with E-state index in [9.17, 15) is 9.90 Å². The first-order valence-electron chi connectivity index (χ1n) is 6.52. The van der Waals surface area contributed by atoms with Crippen molar-refractivity contribution in [2.45, 2.75) is 32.2 Å². The number of aromatic carboxylic acids is 1. The number of fused-ring (bicyclic) bond motifs is 1. The Morgan fingerprint density at radius 1 is 1.21 bits per heavy atom. The van der Waals surface area contributed by atoms with E-state index in [1.807, 2.05) is 10.6 Å². The molecule has 0 fully saturated rings. The van der Waals surface area contributed by atoms with Crippen LogP contribution in [0.4, 0.5) is 0 Å². The van der Waals surface area contributed by atoms with Gasteiger partial charge in [0.2, 0.25) is 0 Å². The van der Waals surface area contributed by atoms with Crippen molar-refractivity contribution in [3.8, 4) is 0 Å². The van der Waals surface area contributed by atoms with Crippen molar-refractivity contribution < 1.29 is 15.0 Å². The van der Waals surface area contributed by atoms with Crippen molar-refractivity contribution in [3.63, 3.8) is 0 Å². The van der Waals surface area contributed by atoms with Gasteiger partial charge < -0.3 is 14.8 Å². The first kappa shape index (κ1) is 13.5. The summed E-state index contributed by atoms with van der Waals surface area (Å²) in [5, 5.41) is 17.9. The van der Waals surface area contributed by atoms with E-state index in [0.717, 1.165) is 37.7 Å². The van der Waals surface area contributed by atoms with E-state index in [1.165, 1.54) is 0 Å². The van der Waals surface area contributed by atoms with Gasteiger partial charge in [0.1, 0.15) is 0 Å². The van der Waals surface area contributed by atoms with Gasteiger partial charge in [0.15, 0.2) is 0 Å². The summed E-state index contributed by atoms with van der Waals surface area (Å²) in [5.74, 6) is -0.923. The molecule has 0 bridgehead atoms. The largest absolute Gasteiger partial charge is 0.478 e. The summed E-state index contributed by atoms with van der Waals surface area (Å²) >= 11 is 0. The number of aromatic nitrogens is 2. The second kappa shape index (κ2) is 6.33. The fourth-order valence-electron chi connectivity index (χ4n) is 2.22. The molecule has 5 nitrogen and oxygen atoms in total. The highest BCUT2D eigenvalue weighted by molar-refractivity contribution is 6.01. The molecule has 0 radical (unpaired) electrons. The van der Waals surface area contributed by atoms with Crippen molar-refractivity contribution >= 4 is 17.0 Å². The topological polar surface area (TPSA) is 75.3 Å². The molecule has 1 aromatic heterocycles. The summed E-state index contributed by atoms with van der Waals surface area (Å²) in [7, 11) is 0. The number of hydrogen-bond acceptors (Lipinski definition) is 3. The lowest BCUT2D eigenvalue weighted by atomic mass is 10.1. The summed E-state index contributed by atoms with van der Waals surface area (Å²) in [6, 6.07) is 5.14. The van der Waals surface area contributed by atoms with Crippen molar-refractivity contribution in [2.24, 2.45) is 0 Å². The number of carboxylic acid groups (broad SMARTS) is 1. The normalized spacial score (nSPS) is 11.0. The monoisotopic (exact) mass is 262 g/mol. The molecule has 2 N–H and O–H groups in total. The van der Waals surface area contributed by atoms with Crippen LogP contribution in [-0.4, -0.2) is 32.3 Å². The quantitative estimate of drug-likeness (QED) is 0.751. The van der Waals surface area contributed by atoms with E-state index in [4.69, 9.17) is 5.11 Å². The number of aryl methyl sites for hydroxylation is 1. The number of carboxylic acids is 1. The fourth-order valence-corrected chi connectivity index (χ4v) is 2.22. The van der Waals surface area contributed by atoms with Gasteiger partial charge in [-0.1, -0.05) is 18.9 Å². The molecule has 0 aliphatic heterocycles. The minimum atomic E-state index is -0.923. The summed E-state index contributed by atoms with van der Waals surface area (Å²) < 4.78 is 1.90. The van der Waals surface area contributed by atoms with Crippen LogP contribution in [0.25, 0.3) is 11.0 Å². The van der Waals surface area contributed by atoms with Crippen LogP contribution in [0, 0.1) is 0 Å². The van der Waals surface area contributed by atoms with Crippen molar-refractivity contribution in [1.29, 1.82) is 0 Å². The predicted octanol–water partition coefficient (Wildman–Crippen LogP) is 2.29. The van der Waals surface area contributed by atoms with Crippen molar-refractivity contribution in [2.75, 3.05) is 6.61 Å². The molecule has 1 heterocycles. The van der Waals surface area contributed by atoms with Crippen molar-refractivity contribution in [3.05, 3.63) is 30.1 Å². The summed E-state index contributed by atoms with van der Waals surface area (Å²) in [6.07, 6.45) is 5.50. The fraction of sp³-hybridized carbons (Fsp3) is 0.429. The molecule has 0 saturated carbocycles. The first-order valence-corrected chi connectivity index (χ1v) is 6.52. The highest BCUT2D eigenvalue weighted by atomic mass is 16.4. The van der Waals surface area contributed by atoms with Crippen LogP contribution >= 0.6 is 0 Å². The first-order chi connectivity index (χ1) is 9.24. The third-order valence-corrected chi connectivity index (χ3v) is 3.18. The van der Waals surface area contributed by atoms with Gasteiger partial charge in [-0.2, -0.15) is 0 Å². The second-order valence-electron chi connectivity index (χ2n) is 4.55. The number of unbranched alkanes of at least 4 members (excludes halogenated alkanes) is 3. The molecule has 5 heteroatoms. The third-order valence-electron chi connectivity index (χ3n) is 3.18. The lowest BCUT2D eigenvalue weighted by molar-refractivity contribution is 0.0698. The summed E-state index contributed by atoms with van der Waals surface area (Å²) in [5.41, 5.74) is 1.71. The zero-order valence-corrected chi connectivity index (χ0v) is 10.7. The molecule has 0 aliphatic carbocycles. The number of nitrogens with zero attached hydrogens (tertiary/aromatic N) is 2. The number of aliphatic hydroxyl groups is 1. The maximum atomic E-state index is 11.2. The van der Waals surface area contributed by atoms with E-state index in [1.54, 1.807) is 18.5 Å². The predicted molar refractivity (Wildman–Crippen MR) is 72.2 cm³/mol. The van der Waals surface area contributed by atoms with Gasteiger partial charge in [0, 0.05) is 13.2 Å². The highest BCUT2D eigenvalue weighted by Crippen LogP contribution is 2.18. The number of carbonyl (C=O) groups is 1. The van der Waals surface area contributed by atoms with E-state index in [-0.39, 0.29) is 6.61 Å². The Morgan fingerprint density at radius 3 is 2.74 bits per heavy atom. The van der Waals surface area contributed by atoms with Gasteiger partial charge in [0.25, 0.3) is 0 Å². The van der Waals surface area contributed by atoms with Crippen LogP contribution in [0.3, 0.4) is 0 Å².